The monoisotopic (exact) mass is 248 g/mol. The zero-order chi connectivity index (χ0) is 12.4. The summed E-state index contributed by atoms with van der Waals surface area (Å²) in [6, 6.07) is 7.71. The first-order valence-corrected chi connectivity index (χ1v) is 5.69. The molecule has 0 aliphatic heterocycles. The number of nitrogens with zero attached hydrogens (tertiary/aromatic N) is 2. The van der Waals surface area contributed by atoms with Gasteiger partial charge in [-0.1, -0.05) is 23.7 Å². The Labute approximate surface area is 105 Å². The fourth-order valence-corrected chi connectivity index (χ4v) is 1.62. The lowest BCUT2D eigenvalue weighted by Gasteiger charge is -2.08. The highest BCUT2D eigenvalue weighted by Gasteiger charge is 2.09. The van der Waals surface area contributed by atoms with E-state index in [0.717, 1.165) is 17.0 Å². The minimum Gasteiger partial charge on any atom is -0.436 e. The first-order chi connectivity index (χ1) is 8.06. The molecule has 0 unspecified atom stereocenters. The van der Waals surface area contributed by atoms with E-state index in [9.17, 15) is 0 Å². The topological polar surface area (TPSA) is 35.0 Å². The van der Waals surface area contributed by atoms with Crippen LogP contribution >= 0.6 is 11.6 Å². The molecule has 1 heterocycles. The van der Waals surface area contributed by atoms with E-state index >= 15 is 0 Å². The Kier molecular flexibility index (Phi) is 3.29. The minimum atomic E-state index is 0.287. The number of hydrogen-bond acceptors (Lipinski definition) is 3. The van der Waals surface area contributed by atoms with Crippen molar-refractivity contribution in [2.45, 2.75) is 20.8 Å². The lowest BCUT2D eigenvalue weighted by molar-refractivity contribution is 0.458. The minimum absolute atomic E-state index is 0.287. The third-order valence-electron chi connectivity index (χ3n) is 2.44. The van der Waals surface area contributed by atoms with Crippen LogP contribution in [0.3, 0.4) is 0 Å². The standard InChI is InChI=1S/C13H13ClN2O/c1-8-5-4-6-11(7-8)17-13-12(14)15-9(2)10(3)16-13/h4-7H,1-3H3. The van der Waals surface area contributed by atoms with Gasteiger partial charge in [0.25, 0.3) is 5.88 Å². The van der Waals surface area contributed by atoms with E-state index in [0.29, 0.717) is 11.6 Å². The lowest BCUT2D eigenvalue weighted by Crippen LogP contribution is -1.97. The number of aromatic nitrogens is 2. The van der Waals surface area contributed by atoms with Crippen molar-refractivity contribution < 1.29 is 4.74 Å². The Morgan fingerprint density at radius 2 is 1.76 bits per heavy atom. The second-order valence-corrected chi connectivity index (χ2v) is 4.27. The Morgan fingerprint density at radius 3 is 2.47 bits per heavy atom. The second-order valence-electron chi connectivity index (χ2n) is 3.91. The van der Waals surface area contributed by atoms with Gasteiger partial charge in [0.15, 0.2) is 5.15 Å². The number of hydrogen-bond donors (Lipinski definition) is 0. The molecular formula is C13H13ClN2O. The van der Waals surface area contributed by atoms with E-state index in [2.05, 4.69) is 9.97 Å². The number of aryl methyl sites for hydroxylation is 3. The van der Waals surface area contributed by atoms with E-state index < -0.39 is 0 Å². The van der Waals surface area contributed by atoms with Crippen molar-refractivity contribution in [3.63, 3.8) is 0 Å². The molecule has 0 fully saturated rings. The Morgan fingerprint density at radius 1 is 1.06 bits per heavy atom. The highest BCUT2D eigenvalue weighted by Crippen LogP contribution is 2.26. The molecule has 0 atom stereocenters. The molecule has 0 saturated heterocycles. The van der Waals surface area contributed by atoms with Crippen LogP contribution in [0.2, 0.25) is 5.15 Å². The van der Waals surface area contributed by atoms with Crippen LogP contribution in [0.15, 0.2) is 24.3 Å². The average molecular weight is 249 g/mol. The van der Waals surface area contributed by atoms with E-state index in [-0.39, 0.29) is 5.15 Å². The van der Waals surface area contributed by atoms with Crippen molar-refractivity contribution >= 4 is 11.6 Å². The summed E-state index contributed by atoms with van der Waals surface area (Å²) in [4.78, 5) is 8.45. The van der Waals surface area contributed by atoms with Crippen LogP contribution in [0.4, 0.5) is 0 Å². The summed E-state index contributed by atoms with van der Waals surface area (Å²) in [5.74, 6) is 1.06. The third-order valence-corrected chi connectivity index (χ3v) is 2.69. The lowest BCUT2D eigenvalue weighted by atomic mass is 10.2. The zero-order valence-corrected chi connectivity index (χ0v) is 10.7. The number of benzene rings is 1. The maximum atomic E-state index is 5.99. The smallest absolute Gasteiger partial charge is 0.257 e. The van der Waals surface area contributed by atoms with Gasteiger partial charge in [-0.05, 0) is 38.5 Å². The van der Waals surface area contributed by atoms with Gasteiger partial charge in [0, 0.05) is 0 Å². The molecule has 0 amide bonds. The first kappa shape index (κ1) is 11.9. The molecule has 2 aromatic rings. The summed E-state index contributed by atoms with van der Waals surface area (Å²) < 4.78 is 5.62. The summed E-state index contributed by atoms with van der Waals surface area (Å²) >= 11 is 5.99. The van der Waals surface area contributed by atoms with E-state index in [1.165, 1.54) is 0 Å². The molecule has 1 aromatic carbocycles. The van der Waals surface area contributed by atoms with Crippen LogP contribution in [-0.2, 0) is 0 Å². The predicted octanol–water partition coefficient (Wildman–Crippen LogP) is 3.85. The van der Waals surface area contributed by atoms with E-state index in [1.807, 2.05) is 45.0 Å². The SMILES string of the molecule is Cc1cccc(Oc2nc(C)c(C)nc2Cl)c1. The third kappa shape index (κ3) is 2.74. The van der Waals surface area contributed by atoms with Gasteiger partial charge in [0.1, 0.15) is 5.75 Å². The molecule has 0 radical (unpaired) electrons. The summed E-state index contributed by atoms with van der Waals surface area (Å²) in [5, 5.41) is 0.287. The maximum Gasteiger partial charge on any atom is 0.257 e. The number of halogens is 1. The van der Waals surface area contributed by atoms with Gasteiger partial charge in [0.2, 0.25) is 0 Å². The molecule has 88 valence electrons. The molecule has 0 bridgehead atoms. The average Bonchev–Trinajstić information content (AvgIpc) is 2.26. The summed E-state index contributed by atoms with van der Waals surface area (Å²) in [7, 11) is 0. The highest BCUT2D eigenvalue weighted by atomic mass is 35.5. The van der Waals surface area contributed by atoms with Crippen molar-refractivity contribution in [3.05, 3.63) is 46.4 Å². The van der Waals surface area contributed by atoms with Crippen molar-refractivity contribution in [3.8, 4) is 11.6 Å². The molecule has 0 N–H and O–H groups in total. The van der Waals surface area contributed by atoms with Crippen LogP contribution in [0.25, 0.3) is 0 Å². The molecule has 0 aliphatic rings. The van der Waals surface area contributed by atoms with Gasteiger partial charge in [-0.15, -0.1) is 0 Å². The number of rotatable bonds is 2. The second kappa shape index (κ2) is 4.72. The van der Waals surface area contributed by atoms with E-state index in [1.54, 1.807) is 0 Å². The molecule has 2 rings (SSSR count). The normalized spacial score (nSPS) is 10.4. The fourth-order valence-electron chi connectivity index (χ4n) is 1.41. The van der Waals surface area contributed by atoms with Gasteiger partial charge < -0.3 is 4.74 Å². The molecular weight excluding hydrogens is 236 g/mol. The van der Waals surface area contributed by atoms with Gasteiger partial charge >= 0.3 is 0 Å². The molecule has 3 nitrogen and oxygen atoms in total. The highest BCUT2D eigenvalue weighted by molar-refractivity contribution is 6.30. The van der Waals surface area contributed by atoms with Crippen molar-refractivity contribution in [2.24, 2.45) is 0 Å². The largest absolute Gasteiger partial charge is 0.436 e. The summed E-state index contributed by atoms with van der Waals surface area (Å²) in [6.45, 7) is 5.74. The van der Waals surface area contributed by atoms with Crippen LogP contribution in [0, 0.1) is 20.8 Å². The summed E-state index contributed by atoms with van der Waals surface area (Å²) in [5.41, 5.74) is 2.75. The van der Waals surface area contributed by atoms with Crippen molar-refractivity contribution in [2.75, 3.05) is 0 Å². The Bertz CT molecular complexity index is 555. The van der Waals surface area contributed by atoms with Crippen molar-refractivity contribution in [1.29, 1.82) is 0 Å². The summed E-state index contributed by atoms with van der Waals surface area (Å²) in [6.07, 6.45) is 0. The van der Waals surface area contributed by atoms with Crippen molar-refractivity contribution in [1.82, 2.24) is 9.97 Å². The van der Waals surface area contributed by atoms with Gasteiger partial charge in [-0.25, -0.2) is 9.97 Å². The molecule has 1 aromatic heterocycles. The zero-order valence-electron chi connectivity index (χ0n) is 9.99. The quantitative estimate of drug-likeness (QED) is 0.810. The molecule has 0 aliphatic carbocycles. The van der Waals surface area contributed by atoms with E-state index in [4.69, 9.17) is 16.3 Å². The molecule has 17 heavy (non-hydrogen) atoms. The van der Waals surface area contributed by atoms with Gasteiger partial charge in [-0.2, -0.15) is 0 Å². The maximum absolute atomic E-state index is 5.99. The van der Waals surface area contributed by atoms with Crippen LogP contribution in [0.5, 0.6) is 11.6 Å². The van der Waals surface area contributed by atoms with Crippen LogP contribution in [-0.4, -0.2) is 9.97 Å². The molecule has 0 saturated carbocycles. The molecule has 0 spiro atoms. The fraction of sp³-hybridized carbons (Fsp3) is 0.231. The van der Waals surface area contributed by atoms with Crippen LogP contribution < -0.4 is 4.74 Å². The van der Waals surface area contributed by atoms with Crippen LogP contribution in [0.1, 0.15) is 17.0 Å². The Hall–Kier alpha value is -1.61. The predicted molar refractivity (Wildman–Crippen MR) is 67.8 cm³/mol. The molecule has 4 heteroatoms. The van der Waals surface area contributed by atoms with Gasteiger partial charge in [-0.3, -0.25) is 0 Å². The number of ether oxygens (including phenoxy) is 1. The first-order valence-electron chi connectivity index (χ1n) is 5.31. The Balaban J connectivity index is 2.33. The van der Waals surface area contributed by atoms with Gasteiger partial charge in [0.05, 0.1) is 11.4 Å².